The monoisotopic (exact) mass is 215 g/mol. The Kier molecular flexibility index (Phi) is 3.05. The molecule has 2 aromatic carbocycles. The minimum absolute atomic E-state index is 0.132. The largest absolute Gasteiger partial charge is 0.481 e. The maximum absolute atomic E-state index is 10.4. The van der Waals surface area contributed by atoms with Gasteiger partial charge in [0.2, 0.25) is 0 Å². The smallest absolute Gasteiger partial charge is 0.305 e. The van der Waals surface area contributed by atoms with Crippen LogP contribution in [-0.4, -0.2) is 17.6 Å². The molecule has 82 valence electrons. The number of aliphatic carboxylic acids is 1. The van der Waals surface area contributed by atoms with Crippen LogP contribution in [-0.2, 0) is 4.79 Å². The second-order valence-electron chi connectivity index (χ2n) is 3.63. The standard InChI is InChI=1S/C13H13NO2/c15-13(16)7-8-14-12-6-5-10-3-1-2-4-11(10)9-12/h1-6,9,14H,7-8H2,(H,15,16). The van der Waals surface area contributed by atoms with E-state index in [1.165, 1.54) is 5.39 Å². The van der Waals surface area contributed by atoms with E-state index in [0.717, 1.165) is 11.1 Å². The predicted octanol–water partition coefficient (Wildman–Crippen LogP) is 2.73. The summed E-state index contributed by atoms with van der Waals surface area (Å²) in [4.78, 5) is 10.4. The van der Waals surface area contributed by atoms with E-state index in [4.69, 9.17) is 5.11 Å². The number of fused-ring (bicyclic) bond motifs is 1. The third-order valence-corrected chi connectivity index (χ3v) is 2.42. The van der Waals surface area contributed by atoms with Crippen molar-refractivity contribution in [3.63, 3.8) is 0 Å². The topological polar surface area (TPSA) is 49.3 Å². The van der Waals surface area contributed by atoms with Gasteiger partial charge in [0.25, 0.3) is 0 Å². The number of nitrogens with one attached hydrogen (secondary N) is 1. The Labute approximate surface area is 93.7 Å². The molecule has 0 heterocycles. The van der Waals surface area contributed by atoms with Crippen LogP contribution >= 0.6 is 0 Å². The Morgan fingerprint density at radius 3 is 2.62 bits per heavy atom. The molecule has 0 atom stereocenters. The number of carboxylic acids is 1. The third kappa shape index (κ3) is 2.51. The summed E-state index contributed by atoms with van der Waals surface area (Å²) >= 11 is 0. The first kappa shape index (κ1) is 10.5. The molecule has 0 unspecified atom stereocenters. The van der Waals surface area contributed by atoms with Crippen LogP contribution in [0.1, 0.15) is 6.42 Å². The van der Waals surface area contributed by atoms with Crippen molar-refractivity contribution < 1.29 is 9.90 Å². The highest BCUT2D eigenvalue weighted by molar-refractivity contribution is 5.85. The zero-order chi connectivity index (χ0) is 11.4. The van der Waals surface area contributed by atoms with Crippen molar-refractivity contribution in [2.45, 2.75) is 6.42 Å². The summed E-state index contributed by atoms with van der Waals surface area (Å²) in [5.74, 6) is -0.784. The van der Waals surface area contributed by atoms with Crippen LogP contribution in [0.25, 0.3) is 10.8 Å². The maximum atomic E-state index is 10.4. The predicted molar refractivity (Wildman–Crippen MR) is 64.7 cm³/mol. The van der Waals surface area contributed by atoms with Crippen LogP contribution < -0.4 is 5.32 Å². The van der Waals surface area contributed by atoms with E-state index < -0.39 is 5.97 Å². The number of carbonyl (C=O) groups is 1. The molecule has 0 aromatic heterocycles. The Morgan fingerprint density at radius 2 is 1.88 bits per heavy atom. The SMILES string of the molecule is O=C(O)CCNc1ccc2ccccc2c1. The molecular formula is C13H13NO2. The van der Waals surface area contributed by atoms with E-state index in [0.29, 0.717) is 6.54 Å². The normalized spacial score (nSPS) is 10.2. The van der Waals surface area contributed by atoms with Crippen molar-refractivity contribution in [1.82, 2.24) is 0 Å². The lowest BCUT2D eigenvalue weighted by Crippen LogP contribution is -2.07. The van der Waals surface area contributed by atoms with E-state index in [2.05, 4.69) is 11.4 Å². The lowest BCUT2D eigenvalue weighted by atomic mass is 10.1. The molecule has 2 aromatic rings. The fourth-order valence-corrected chi connectivity index (χ4v) is 1.61. The van der Waals surface area contributed by atoms with Gasteiger partial charge < -0.3 is 10.4 Å². The van der Waals surface area contributed by atoms with Gasteiger partial charge in [-0.25, -0.2) is 0 Å². The van der Waals surface area contributed by atoms with Gasteiger partial charge in [-0.3, -0.25) is 4.79 Å². The van der Waals surface area contributed by atoms with E-state index in [9.17, 15) is 4.79 Å². The second-order valence-corrected chi connectivity index (χ2v) is 3.63. The molecule has 0 bridgehead atoms. The number of rotatable bonds is 4. The van der Waals surface area contributed by atoms with Gasteiger partial charge in [0.05, 0.1) is 6.42 Å². The van der Waals surface area contributed by atoms with Crippen LogP contribution in [0, 0.1) is 0 Å². The Bertz CT molecular complexity index is 508. The lowest BCUT2D eigenvalue weighted by molar-refractivity contribution is -0.136. The van der Waals surface area contributed by atoms with Gasteiger partial charge in [0.1, 0.15) is 0 Å². The second kappa shape index (κ2) is 4.66. The molecule has 0 radical (unpaired) electrons. The molecule has 16 heavy (non-hydrogen) atoms. The van der Waals surface area contributed by atoms with Gasteiger partial charge in [-0.1, -0.05) is 30.3 Å². The summed E-state index contributed by atoms with van der Waals surface area (Å²) < 4.78 is 0. The highest BCUT2D eigenvalue weighted by atomic mass is 16.4. The van der Waals surface area contributed by atoms with Crippen LogP contribution in [0.3, 0.4) is 0 Å². The molecule has 3 heteroatoms. The molecule has 0 aliphatic carbocycles. The number of hydrogen-bond donors (Lipinski definition) is 2. The molecule has 0 saturated carbocycles. The van der Waals surface area contributed by atoms with Crippen LogP contribution in [0.15, 0.2) is 42.5 Å². The van der Waals surface area contributed by atoms with Gasteiger partial charge in [-0.15, -0.1) is 0 Å². The maximum Gasteiger partial charge on any atom is 0.305 e. The van der Waals surface area contributed by atoms with E-state index >= 15 is 0 Å². The number of anilines is 1. The molecule has 0 aliphatic rings. The molecule has 0 amide bonds. The minimum atomic E-state index is -0.784. The molecule has 3 nitrogen and oxygen atoms in total. The summed E-state index contributed by atoms with van der Waals surface area (Å²) in [6.07, 6.45) is 0.132. The Morgan fingerprint density at radius 1 is 1.12 bits per heavy atom. The zero-order valence-corrected chi connectivity index (χ0v) is 8.81. The van der Waals surface area contributed by atoms with Gasteiger partial charge in [-0.2, -0.15) is 0 Å². The van der Waals surface area contributed by atoms with Crippen molar-refractivity contribution in [2.24, 2.45) is 0 Å². The summed E-state index contributed by atoms with van der Waals surface area (Å²) in [7, 11) is 0. The third-order valence-electron chi connectivity index (χ3n) is 2.42. The van der Waals surface area contributed by atoms with Crippen molar-refractivity contribution in [1.29, 1.82) is 0 Å². The minimum Gasteiger partial charge on any atom is -0.481 e. The van der Waals surface area contributed by atoms with E-state index in [1.54, 1.807) is 0 Å². The summed E-state index contributed by atoms with van der Waals surface area (Å²) in [6.45, 7) is 0.452. The highest BCUT2D eigenvalue weighted by Gasteiger charge is 1.98. The van der Waals surface area contributed by atoms with Crippen LogP contribution in [0.4, 0.5) is 5.69 Å². The fourth-order valence-electron chi connectivity index (χ4n) is 1.61. The first-order valence-electron chi connectivity index (χ1n) is 5.20. The Hall–Kier alpha value is -2.03. The van der Waals surface area contributed by atoms with E-state index in [1.807, 2.05) is 36.4 Å². The van der Waals surface area contributed by atoms with Crippen molar-refractivity contribution in [3.8, 4) is 0 Å². The molecule has 0 spiro atoms. The summed E-state index contributed by atoms with van der Waals surface area (Å²) in [5.41, 5.74) is 0.958. The molecule has 2 rings (SSSR count). The van der Waals surface area contributed by atoms with Gasteiger partial charge in [0, 0.05) is 12.2 Å². The molecule has 0 fully saturated rings. The summed E-state index contributed by atoms with van der Waals surface area (Å²) in [6, 6.07) is 14.1. The first-order chi connectivity index (χ1) is 7.75. The van der Waals surface area contributed by atoms with Gasteiger partial charge in [0.15, 0.2) is 0 Å². The zero-order valence-electron chi connectivity index (χ0n) is 8.81. The summed E-state index contributed by atoms with van der Waals surface area (Å²) in [5, 5.41) is 14.0. The number of carboxylic acid groups (broad SMARTS) is 1. The quantitative estimate of drug-likeness (QED) is 0.824. The fraction of sp³-hybridized carbons (Fsp3) is 0.154. The average molecular weight is 215 g/mol. The number of hydrogen-bond acceptors (Lipinski definition) is 2. The average Bonchev–Trinajstić information content (AvgIpc) is 2.28. The van der Waals surface area contributed by atoms with Crippen LogP contribution in [0.2, 0.25) is 0 Å². The number of benzene rings is 2. The first-order valence-corrected chi connectivity index (χ1v) is 5.20. The van der Waals surface area contributed by atoms with Crippen molar-refractivity contribution in [3.05, 3.63) is 42.5 Å². The highest BCUT2D eigenvalue weighted by Crippen LogP contribution is 2.18. The van der Waals surface area contributed by atoms with Gasteiger partial charge >= 0.3 is 5.97 Å². The van der Waals surface area contributed by atoms with Crippen molar-refractivity contribution in [2.75, 3.05) is 11.9 Å². The lowest BCUT2D eigenvalue weighted by Gasteiger charge is -2.05. The van der Waals surface area contributed by atoms with Crippen molar-refractivity contribution >= 4 is 22.4 Å². The van der Waals surface area contributed by atoms with Crippen LogP contribution in [0.5, 0.6) is 0 Å². The molecular weight excluding hydrogens is 202 g/mol. The van der Waals surface area contributed by atoms with Gasteiger partial charge in [-0.05, 0) is 22.9 Å². The molecule has 0 aliphatic heterocycles. The van der Waals surface area contributed by atoms with E-state index in [-0.39, 0.29) is 6.42 Å². The molecule has 2 N–H and O–H groups in total. The molecule has 0 saturated heterocycles. The Balaban J connectivity index is 2.10.